The molecule has 0 spiro atoms. The summed E-state index contributed by atoms with van der Waals surface area (Å²) in [5, 5.41) is 6.84. The minimum atomic E-state index is -0.149. The summed E-state index contributed by atoms with van der Waals surface area (Å²) in [6, 6.07) is 12.7. The van der Waals surface area contributed by atoms with Crippen LogP contribution in [-0.4, -0.2) is 26.5 Å². The van der Waals surface area contributed by atoms with E-state index in [1.807, 2.05) is 43.3 Å². The molecule has 0 aromatic heterocycles. The minimum Gasteiger partial charge on any atom is -0.378 e. The molecule has 2 rings (SSSR count). The van der Waals surface area contributed by atoms with E-state index in [1.54, 1.807) is 18.2 Å². The normalized spacial score (nSPS) is 10.2. The Morgan fingerprint density at radius 2 is 1.77 bits per heavy atom. The maximum Gasteiger partial charge on any atom is 0.243 e. The van der Waals surface area contributed by atoms with Crippen LogP contribution in [0.25, 0.3) is 0 Å². The first-order valence-corrected chi connectivity index (χ1v) is 7.47. The molecule has 0 radical (unpaired) electrons. The fourth-order valence-electron chi connectivity index (χ4n) is 1.86. The average Bonchev–Trinajstić information content (AvgIpc) is 2.47. The molecule has 116 valence electrons. The van der Waals surface area contributed by atoms with E-state index < -0.39 is 0 Å². The van der Waals surface area contributed by atoms with Gasteiger partial charge in [0, 0.05) is 30.5 Å². The summed E-state index contributed by atoms with van der Waals surface area (Å²) in [6.45, 7) is 0.122. The van der Waals surface area contributed by atoms with Crippen molar-refractivity contribution in [3.8, 4) is 0 Å². The molecule has 0 unspecified atom stereocenters. The molecule has 22 heavy (non-hydrogen) atoms. The molecule has 6 heteroatoms. The summed E-state index contributed by atoms with van der Waals surface area (Å²) in [5.74, 6) is -0.149. The van der Waals surface area contributed by atoms with Crippen LogP contribution in [0.2, 0.25) is 10.0 Å². The Bertz CT molecular complexity index is 657. The van der Waals surface area contributed by atoms with Crippen molar-refractivity contribution >= 4 is 46.2 Å². The largest absolute Gasteiger partial charge is 0.378 e. The number of amides is 1. The highest BCUT2D eigenvalue weighted by atomic mass is 35.5. The van der Waals surface area contributed by atoms with Crippen molar-refractivity contribution in [3.05, 3.63) is 52.5 Å². The van der Waals surface area contributed by atoms with Crippen molar-refractivity contribution in [1.82, 2.24) is 0 Å². The Hall–Kier alpha value is -1.91. The standard InChI is InChI=1S/C16H17Cl2N3O/c1-21(2)13-6-4-12(5-7-13)20-16(22)10-19-15-8-3-11(17)9-14(15)18/h3-9,19H,10H2,1-2H3,(H,20,22). The average molecular weight is 338 g/mol. The van der Waals surface area contributed by atoms with Crippen molar-refractivity contribution in [2.75, 3.05) is 36.2 Å². The minimum absolute atomic E-state index is 0.122. The van der Waals surface area contributed by atoms with Gasteiger partial charge in [-0.15, -0.1) is 0 Å². The molecule has 0 aliphatic heterocycles. The molecule has 2 aromatic carbocycles. The molecule has 0 atom stereocenters. The van der Waals surface area contributed by atoms with Crippen LogP contribution < -0.4 is 15.5 Å². The molecular formula is C16H17Cl2N3O. The van der Waals surface area contributed by atoms with Gasteiger partial charge in [0.2, 0.25) is 5.91 Å². The van der Waals surface area contributed by atoms with Crippen LogP contribution in [0.4, 0.5) is 17.1 Å². The van der Waals surface area contributed by atoms with Crippen LogP contribution in [0.5, 0.6) is 0 Å². The Labute approximate surface area is 140 Å². The van der Waals surface area contributed by atoms with Gasteiger partial charge in [-0.25, -0.2) is 0 Å². The second-order valence-corrected chi connectivity index (χ2v) is 5.81. The molecule has 0 fully saturated rings. The Morgan fingerprint density at radius 1 is 1.09 bits per heavy atom. The fraction of sp³-hybridized carbons (Fsp3) is 0.188. The van der Waals surface area contributed by atoms with Gasteiger partial charge in [0.15, 0.2) is 0 Å². The number of halogens is 2. The molecule has 4 nitrogen and oxygen atoms in total. The van der Waals surface area contributed by atoms with Gasteiger partial charge in [0.05, 0.1) is 17.3 Å². The Morgan fingerprint density at radius 3 is 2.36 bits per heavy atom. The lowest BCUT2D eigenvalue weighted by molar-refractivity contribution is -0.114. The highest BCUT2D eigenvalue weighted by Gasteiger charge is 2.05. The summed E-state index contributed by atoms with van der Waals surface area (Å²) in [6.07, 6.45) is 0. The van der Waals surface area contributed by atoms with Gasteiger partial charge >= 0.3 is 0 Å². The molecule has 0 heterocycles. The molecular weight excluding hydrogens is 321 g/mol. The lowest BCUT2D eigenvalue weighted by Gasteiger charge is -2.13. The number of hydrogen-bond acceptors (Lipinski definition) is 3. The quantitative estimate of drug-likeness (QED) is 0.862. The van der Waals surface area contributed by atoms with Crippen molar-refractivity contribution in [2.45, 2.75) is 0 Å². The number of benzene rings is 2. The third-order valence-corrected chi connectivity index (χ3v) is 3.59. The number of nitrogens with one attached hydrogen (secondary N) is 2. The van der Waals surface area contributed by atoms with Gasteiger partial charge in [-0.3, -0.25) is 4.79 Å². The van der Waals surface area contributed by atoms with Crippen molar-refractivity contribution < 1.29 is 4.79 Å². The summed E-state index contributed by atoms with van der Waals surface area (Å²) < 4.78 is 0. The zero-order valence-electron chi connectivity index (χ0n) is 12.4. The van der Waals surface area contributed by atoms with E-state index in [-0.39, 0.29) is 12.5 Å². The summed E-state index contributed by atoms with van der Waals surface area (Å²) in [4.78, 5) is 13.9. The predicted octanol–water partition coefficient (Wildman–Crippen LogP) is 4.11. The molecule has 0 saturated heterocycles. The van der Waals surface area contributed by atoms with Crippen LogP contribution in [0, 0.1) is 0 Å². The molecule has 2 aromatic rings. The van der Waals surface area contributed by atoms with Crippen LogP contribution in [-0.2, 0) is 4.79 Å². The van der Waals surface area contributed by atoms with Crippen molar-refractivity contribution in [2.24, 2.45) is 0 Å². The lowest BCUT2D eigenvalue weighted by atomic mass is 10.2. The van der Waals surface area contributed by atoms with Crippen LogP contribution in [0.15, 0.2) is 42.5 Å². The molecule has 2 N–H and O–H groups in total. The number of nitrogens with zero attached hydrogens (tertiary/aromatic N) is 1. The van der Waals surface area contributed by atoms with E-state index in [0.29, 0.717) is 15.7 Å². The summed E-state index contributed by atoms with van der Waals surface area (Å²) in [5.41, 5.74) is 2.49. The summed E-state index contributed by atoms with van der Waals surface area (Å²) >= 11 is 11.9. The van der Waals surface area contributed by atoms with Gasteiger partial charge in [-0.2, -0.15) is 0 Å². The molecule has 0 aliphatic carbocycles. The van der Waals surface area contributed by atoms with Gasteiger partial charge in [0.25, 0.3) is 0 Å². The SMILES string of the molecule is CN(C)c1ccc(NC(=O)CNc2ccc(Cl)cc2Cl)cc1. The second kappa shape index (κ2) is 7.38. The van der Waals surface area contributed by atoms with Gasteiger partial charge < -0.3 is 15.5 Å². The number of carbonyl (C=O) groups is 1. The monoisotopic (exact) mass is 337 g/mol. The smallest absolute Gasteiger partial charge is 0.243 e. The number of rotatable bonds is 5. The second-order valence-electron chi connectivity index (χ2n) is 4.97. The highest BCUT2D eigenvalue weighted by molar-refractivity contribution is 6.36. The van der Waals surface area contributed by atoms with Gasteiger partial charge in [-0.05, 0) is 42.5 Å². The highest BCUT2D eigenvalue weighted by Crippen LogP contribution is 2.25. The predicted molar refractivity (Wildman–Crippen MR) is 94.4 cm³/mol. The number of anilines is 3. The van der Waals surface area contributed by atoms with Crippen LogP contribution in [0.3, 0.4) is 0 Å². The first-order valence-electron chi connectivity index (χ1n) is 6.72. The summed E-state index contributed by atoms with van der Waals surface area (Å²) in [7, 11) is 3.93. The maximum absolute atomic E-state index is 11.9. The third kappa shape index (κ3) is 4.55. The van der Waals surface area contributed by atoms with E-state index in [9.17, 15) is 4.79 Å². The number of carbonyl (C=O) groups excluding carboxylic acids is 1. The molecule has 0 saturated carbocycles. The Balaban J connectivity index is 1.90. The van der Waals surface area contributed by atoms with Crippen molar-refractivity contribution in [1.29, 1.82) is 0 Å². The van der Waals surface area contributed by atoms with E-state index in [2.05, 4.69) is 10.6 Å². The third-order valence-electron chi connectivity index (χ3n) is 3.04. The lowest BCUT2D eigenvalue weighted by Crippen LogP contribution is -2.21. The first kappa shape index (κ1) is 16.5. The fourth-order valence-corrected chi connectivity index (χ4v) is 2.33. The number of hydrogen-bond donors (Lipinski definition) is 2. The van der Waals surface area contributed by atoms with Gasteiger partial charge in [-0.1, -0.05) is 23.2 Å². The van der Waals surface area contributed by atoms with E-state index in [4.69, 9.17) is 23.2 Å². The zero-order valence-corrected chi connectivity index (χ0v) is 13.9. The van der Waals surface area contributed by atoms with Crippen LogP contribution in [0.1, 0.15) is 0 Å². The first-order chi connectivity index (χ1) is 10.5. The molecule has 0 aliphatic rings. The molecule has 0 bridgehead atoms. The zero-order chi connectivity index (χ0) is 16.1. The van der Waals surface area contributed by atoms with Gasteiger partial charge in [0.1, 0.15) is 0 Å². The topological polar surface area (TPSA) is 44.4 Å². The maximum atomic E-state index is 11.9. The molecule has 1 amide bonds. The van der Waals surface area contributed by atoms with E-state index in [1.165, 1.54) is 0 Å². The van der Waals surface area contributed by atoms with Crippen molar-refractivity contribution in [3.63, 3.8) is 0 Å². The van der Waals surface area contributed by atoms with E-state index >= 15 is 0 Å². The van der Waals surface area contributed by atoms with Crippen LogP contribution >= 0.6 is 23.2 Å². The Kier molecular flexibility index (Phi) is 5.52. The van der Waals surface area contributed by atoms with E-state index in [0.717, 1.165) is 11.4 Å².